The van der Waals surface area contributed by atoms with E-state index in [9.17, 15) is 0 Å². The van der Waals surface area contributed by atoms with Crippen LogP contribution in [0.15, 0.2) is 30.3 Å². The molecule has 1 aromatic carbocycles. The molecule has 110 valence electrons. The summed E-state index contributed by atoms with van der Waals surface area (Å²) in [6, 6.07) is 11.9. The van der Waals surface area contributed by atoms with Crippen LogP contribution in [0.5, 0.6) is 0 Å². The van der Waals surface area contributed by atoms with Crippen molar-refractivity contribution in [3.8, 4) is 0 Å². The summed E-state index contributed by atoms with van der Waals surface area (Å²) in [5, 5.41) is 3.76. The minimum atomic E-state index is 0.877. The molecule has 2 aliphatic carbocycles. The lowest BCUT2D eigenvalue weighted by molar-refractivity contribution is 0.214. The van der Waals surface area contributed by atoms with Crippen LogP contribution in [0.2, 0.25) is 0 Å². The normalized spacial score (nSPS) is 26.6. The number of hydrogen-bond donors (Lipinski definition) is 1. The van der Waals surface area contributed by atoms with Crippen LogP contribution in [-0.4, -0.2) is 12.6 Å². The Morgan fingerprint density at radius 1 is 0.900 bits per heavy atom. The van der Waals surface area contributed by atoms with Gasteiger partial charge < -0.3 is 5.32 Å². The molecule has 1 aromatic rings. The zero-order valence-electron chi connectivity index (χ0n) is 12.7. The van der Waals surface area contributed by atoms with Crippen molar-refractivity contribution in [2.24, 2.45) is 11.8 Å². The van der Waals surface area contributed by atoms with E-state index in [1.807, 2.05) is 0 Å². The Hall–Kier alpha value is -0.820. The highest BCUT2D eigenvalue weighted by Crippen LogP contribution is 2.34. The summed E-state index contributed by atoms with van der Waals surface area (Å²) < 4.78 is 0. The van der Waals surface area contributed by atoms with E-state index in [1.54, 1.807) is 0 Å². The molecule has 0 amide bonds. The second kappa shape index (κ2) is 7.26. The molecule has 0 bridgehead atoms. The van der Waals surface area contributed by atoms with Crippen molar-refractivity contribution in [3.05, 3.63) is 35.9 Å². The fourth-order valence-corrected chi connectivity index (χ4v) is 3.75. The molecule has 0 aromatic heterocycles. The van der Waals surface area contributed by atoms with Crippen molar-refractivity contribution in [1.29, 1.82) is 0 Å². The maximum atomic E-state index is 3.76. The van der Waals surface area contributed by atoms with Gasteiger partial charge in [-0.25, -0.2) is 0 Å². The first-order valence-electron chi connectivity index (χ1n) is 8.69. The number of nitrogens with one attached hydrogen (secondary N) is 1. The lowest BCUT2D eigenvalue weighted by Crippen LogP contribution is -2.31. The Balaban J connectivity index is 1.41. The average Bonchev–Trinajstić information content (AvgIpc) is 3.32. The predicted molar refractivity (Wildman–Crippen MR) is 85.9 cm³/mol. The first kappa shape index (κ1) is 14.1. The van der Waals surface area contributed by atoms with Gasteiger partial charge in [0, 0.05) is 6.04 Å². The molecular formula is C19H29N. The summed E-state index contributed by atoms with van der Waals surface area (Å²) in [7, 11) is 0. The minimum absolute atomic E-state index is 0.877. The zero-order chi connectivity index (χ0) is 13.6. The smallest absolute Gasteiger partial charge is 0.00683 e. The molecule has 3 rings (SSSR count). The highest BCUT2D eigenvalue weighted by molar-refractivity contribution is 5.14. The summed E-state index contributed by atoms with van der Waals surface area (Å²) in [5.74, 6) is 1.94. The van der Waals surface area contributed by atoms with Gasteiger partial charge in [0.05, 0.1) is 0 Å². The molecule has 0 radical (unpaired) electrons. The molecule has 0 aliphatic heterocycles. The van der Waals surface area contributed by atoms with Crippen LogP contribution in [0, 0.1) is 11.8 Å². The standard InChI is InChI=1S/C19H29N/c1-2-7-16(8-3-1)9-6-12-17-10-4-5-11-18(17)15-20-19-13-14-19/h1-3,7-8,17-20H,4-6,9-15H2. The van der Waals surface area contributed by atoms with Gasteiger partial charge in [0.2, 0.25) is 0 Å². The molecule has 2 aliphatic rings. The topological polar surface area (TPSA) is 12.0 Å². The van der Waals surface area contributed by atoms with Crippen molar-refractivity contribution in [2.45, 2.75) is 63.8 Å². The maximum absolute atomic E-state index is 3.76. The van der Waals surface area contributed by atoms with E-state index in [0.717, 1.165) is 17.9 Å². The fraction of sp³-hybridized carbons (Fsp3) is 0.684. The van der Waals surface area contributed by atoms with Gasteiger partial charge in [-0.2, -0.15) is 0 Å². The minimum Gasteiger partial charge on any atom is -0.314 e. The quantitative estimate of drug-likeness (QED) is 0.766. The van der Waals surface area contributed by atoms with Crippen LogP contribution in [0.3, 0.4) is 0 Å². The monoisotopic (exact) mass is 271 g/mol. The highest BCUT2D eigenvalue weighted by Gasteiger charge is 2.27. The molecule has 1 nitrogen and oxygen atoms in total. The van der Waals surface area contributed by atoms with E-state index in [-0.39, 0.29) is 0 Å². The van der Waals surface area contributed by atoms with Crippen molar-refractivity contribution in [1.82, 2.24) is 5.32 Å². The van der Waals surface area contributed by atoms with E-state index in [1.165, 1.54) is 69.9 Å². The van der Waals surface area contributed by atoms with Crippen LogP contribution in [-0.2, 0) is 6.42 Å². The van der Waals surface area contributed by atoms with E-state index in [2.05, 4.69) is 35.6 Å². The summed E-state index contributed by atoms with van der Waals surface area (Å²) in [6.07, 6.45) is 12.8. The predicted octanol–water partition coefficient (Wildman–Crippen LogP) is 4.57. The maximum Gasteiger partial charge on any atom is 0.00683 e. The Kier molecular flexibility index (Phi) is 5.13. The third-order valence-electron chi connectivity index (χ3n) is 5.20. The van der Waals surface area contributed by atoms with Gasteiger partial charge in [0.1, 0.15) is 0 Å². The van der Waals surface area contributed by atoms with Crippen molar-refractivity contribution >= 4 is 0 Å². The van der Waals surface area contributed by atoms with Gasteiger partial charge in [0.15, 0.2) is 0 Å². The van der Waals surface area contributed by atoms with E-state index in [4.69, 9.17) is 0 Å². The fourth-order valence-electron chi connectivity index (χ4n) is 3.75. The van der Waals surface area contributed by atoms with Gasteiger partial charge in [-0.1, -0.05) is 49.6 Å². The van der Waals surface area contributed by atoms with Gasteiger partial charge in [-0.15, -0.1) is 0 Å². The first-order valence-corrected chi connectivity index (χ1v) is 8.69. The lowest BCUT2D eigenvalue weighted by atomic mass is 9.76. The molecule has 0 spiro atoms. The molecule has 0 saturated heterocycles. The Bertz CT molecular complexity index is 382. The first-order chi connectivity index (χ1) is 9.92. The van der Waals surface area contributed by atoms with Crippen molar-refractivity contribution in [3.63, 3.8) is 0 Å². The van der Waals surface area contributed by atoms with Crippen LogP contribution < -0.4 is 5.32 Å². The molecule has 2 atom stereocenters. The molecule has 20 heavy (non-hydrogen) atoms. The molecule has 2 saturated carbocycles. The van der Waals surface area contributed by atoms with E-state index >= 15 is 0 Å². The average molecular weight is 271 g/mol. The molecule has 2 fully saturated rings. The van der Waals surface area contributed by atoms with Crippen molar-refractivity contribution < 1.29 is 0 Å². The second-order valence-corrected chi connectivity index (χ2v) is 6.86. The Morgan fingerprint density at radius 3 is 2.40 bits per heavy atom. The summed E-state index contributed by atoms with van der Waals surface area (Å²) >= 11 is 0. The molecule has 1 N–H and O–H groups in total. The number of aryl methyl sites for hydroxylation is 1. The number of hydrogen-bond acceptors (Lipinski definition) is 1. The van der Waals surface area contributed by atoms with Crippen LogP contribution in [0.4, 0.5) is 0 Å². The number of rotatable bonds is 7. The third kappa shape index (κ3) is 4.34. The molecule has 0 heterocycles. The van der Waals surface area contributed by atoms with E-state index < -0.39 is 0 Å². The van der Waals surface area contributed by atoms with Crippen LogP contribution in [0.1, 0.15) is 56.9 Å². The largest absolute Gasteiger partial charge is 0.314 e. The summed E-state index contributed by atoms with van der Waals surface area (Å²) in [4.78, 5) is 0. The van der Waals surface area contributed by atoms with Gasteiger partial charge in [-0.3, -0.25) is 0 Å². The molecule has 1 heteroatoms. The summed E-state index contributed by atoms with van der Waals surface area (Å²) in [6.45, 7) is 1.29. The number of benzene rings is 1. The van der Waals surface area contributed by atoms with Crippen LogP contribution in [0.25, 0.3) is 0 Å². The SMILES string of the molecule is c1ccc(CCCC2CCCCC2CNC2CC2)cc1. The van der Waals surface area contributed by atoms with Crippen molar-refractivity contribution in [2.75, 3.05) is 6.54 Å². The Labute approximate surface area is 124 Å². The molecule has 2 unspecified atom stereocenters. The van der Waals surface area contributed by atoms with Gasteiger partial charge in [0.25, 0.3) is 0 Å². The Morgan fingerprint density at radius 2 is 1.65 bits per heavy atom. The highest BCUT2D eigenvalue weighted by atomic mass is 14.9. The lowest BCUT2D eigenvalue weighted by Gasteiger charge is -2.32. The van der Waals surface area contributed by atoms with Gasteiger partial charge >= 0.3 is 0 Å². The summed E-state index contributed by atoms with van der Waals surface area (Å²) in [5.41, 5.74) is 1.51. The second-order valence-electron chi connectivity index (χ2n) is 6.86. The third-order valence-corrected chi connectivity index (χ3v) is 5.20. The molecular weight excluding hydrogens is 242 g/mol. The van der Waals surface area contributed by atoms with Crippen LogP contribution >= 0.6 is 0 Å². The zero-order valence-corrected chi connectivity index (χ0v) is 12.7. The van der Waals surface area contributed by atoms with E-state index in [0.29, 0.717) is 0 Å². The van der Waals surface area contributed by atoms with Gasteiger partial charge in [-0.05, 0) is 62.5 Å².